The number of halogens is 1. The number of hydrogen-bond acceptors (Lipinski definition) is 5. The van der Waals surface area contributed by atoms with Gasteiger partial charge in [-0.05, 0) is 37.8 Å². The molecule has 0 radical (unpaired) electrons. The van der Waals surface area contributed by atoms with Crippen molar-refractivity contribution >= 4 is 29.4 Å². The average molecular weight is 419 g/mol. The number of benzene rings is 1. The molecule has 2 atom stereocenters. The number of aromatic nitrogens is 2. The molecule has 0 spiro atoms. The molecule has 2 fully saturated rings. The van der Waals surface area contributed by atoms with Crippen molar-refractivity contribution in [2.24, 2.45) is 5.92 Å². The molecule has 0 saturated carbocycles. The number of piperidine rings is 1. The second-order valence-corrected chi connectivity index (χ2v) is 7.67. The molecule has 0 unspecified atom stereocenters. The summed E-state index contributed by atoms with van der Waals surface area (Å²) < 4.78 is 12.1. The summed E-state index contributed by atoms with van der Waals surface area (Å²) in [5, 5.41) is 7.76. The third-order valence-electron chi connectivity index (χ3n) is 5.27. The molecule has 2 aliphatic heterocycles. The Labute approximate surface area is 173 Å². The molecule has 8 nitrogen and oxygen atoms in total. The first-order valence-corrected chi connectivity index (χ1v) is 10.1. The van der Waals surface area contributed by atoms with E-state index in [0.29, 0.717) is 48.5 Å². The van der Waals surface area contributed by atoms with Crippen LogP contribution in [0, 0.1) is 5.92 Å². The van der Waals surface area contributed by atoms with Gasteiger partial charge in [-0.2, -0.15) is 5.10 Å². The summed E-state index contributed by atoms with van der Waals surface area (Å²) in [6.07, 6.45) is 3.49. The van der Waals surface area contributed by atoms with E-state index in [1.807, 2.05) is 19.1 Å². The summed E-state index contributed by atoms with van der Waals surface area (Å²) in [4.78, 5) is 25.8. The van der Waals surface area contributed by atoms with E-state index in [2.05, 4.69) is 10.4 Å². The number of fused-ring (bicyclic) bond motifs is 1. The van der Waals surface area contributed by atoms with E-state index in [1.165, 1.54) is 0 Å². The molecule has 9 heteroatoms. The highest BCUT2D eigenvalue weighted by molar-refractivity contribution is 6.32. The van der Waals surface area contributed by atoms with E-state index >= 15 is 0 Å². The molecule has 2 amide bonds. The van der Waals surface area contributed by atoms with Crippen LogP contribution in [-0.4, -0.2) is 52.5 Å². The van der Waals surface area contributed by atoms with Crippen LogP contribution in [0.5, 0.6) is 5.75 Å². The first-order valence-electron chi connectivity index (χ1n) is 9.75. The van der Waals surface area contributed by atoms with Crippen LogP contribution in [0.1, 0.15) is 26.2 Å². The van der Waals surface area contributed by atoms with Gasteiger partial charge >= 0.3 is 6.09 Å². The summed E-state index contributed by atoms with van der Waals surface area (Å²) in [6, 6.07) is 7.22. The Morgan fingerprint density at radius 3 is 3.07 bits per heavy atom. The van der Waals surface area contributed by atoms with E-state index in [0.717, 1.165) is 12.8 Å². The zero-order valence-electron chi connectivity index (χ0n) is 16.1. The second-order valence-electron chi connectivity index (χ2n) is 7.26. The summed E-state index contributed by atoms with van der Waals surface area (Å²) >= 11 is 6.33. The van der Waals surface area contributed by atoms with Crippen LogP contribution in [0.4, 0.5) is 10.6 Å². The van der Waals surface area contributed by atoms with E-state index in [4.69, 9.17) is 21.1 Å². The first kappa shape index (κ1) is 19.6. The Bertz CT molecular complexity index is 916. The molecule has 1 N–H and O–H groups in total. The Morgan fingerprint density at radius 2 is 2.28 bits per heavy atom. The summed E-state index contributed by atoms with van der Waals surface area (Å²) in [6.45, 7) is 3.54. The van der Waals surface area contributed by atoms with Gasteiger partial charge in [-0.1, -0.05) is 11.6 Å². The SMILES string of the molecule is CCOc1ccc(-n2ccc(NC(=O)C[C@H]3CCN4C(=O)OC[C@H]4C3)n2)c(Cl)c1. The average Bonchev–Trinajstić information content (AvgIpc) is 3.29. The quantitative estimate of drug-likeness (QED) is 0.776. The number of rotatable bonds is 6. The smallest absolute Gasteiger partial charge is 0.410 e. The molecule has 1 aromatic carbocycles. The van der Waals surface area contributed by atoms with Gasteiger partial charge in [0, 0.05) is 31.3 Å². The largest absolute Gasteiger partial charge is 0.494 e. The molecule has 2 saturated heterocycles. The predicted molar refractivity (Wildman–Crippen MR) is 108 cm³/mol. The Balaban J connectivity index is 1.34. The first-order chi connectivity index (χ1) is 14.0. The highest BCUT2D eigenvalue weighted by Gasteiger charge is 2.38. The predicted octanol–water partition coefficient (Wildman–Crippen LogP) is 3.48. The third-order valence-corrected chi connectivity index (χ3v) is 5.57. The number of cyclic esters (lactones) is 1. The number of amides is 2. The van der Waals surface area contributed by atoms with Crippen molar-refractivity contribution in [1.29, 1.82) is 0 Å². The van der Waals surface area contributed by atoms with Crippen molar-refractivity contribution in [3.05, 3.63) is 35.5 Å². The van der Waals surface area contributed by atoms with E-state index < -0.39 is 0 Å². The van der Waals surface area contributed by atoms with Gasteiger partial charge in [0.25, 0.3) is 0 Å². The van der Waals surface area contributed by atoms with Crippen LogP contribution < -0.4 is 10.1 Å². The number of nitrogens with one attached hydrogen (secondary N) is 1. The maximum absolute atomic E-state index is 12.5. The molecule has 2 aromatic rings. The van der Waals surface area contributed by atoms with E-state index in [-0.39, 0.29) is 24.0 Å². The molecule has 0 bridgehead atoms. The van der Waals surface area contributed by atoms with Gasteiger partial charge in [-0.25, -0.2) is 9.48 Å². The van der Waals surface area contributed by atoms with E-state index in [1.54, 1.807) is 27.9 Å². The lowest BCUT2D eigenvalue weighted by Gasteiger charge is -2.31. The van der Waals surface area contributed by atoms with E-state index in [9.17, 15) is 9.59 Å². The number of carbonyl (C=O) groups excluding carboxylic acids is 2. The fourth-order valence-corrected chi connectivity index (χ4v) is 4.14. The van der Waals surface area contributed by atoms with Gasteiger partial charge in [-0.15, -0.1) is 0 Å². The van der Waals surface area contributed by atoms with Crippen molar-refractivity contribution in [3.63, 3.8) is 0 Å². The minimum Gasteiger partial charge on any atom is -0.494 e. The fourth-order valence-electron chi connectivity index (χ4n) is 3.88. The Morgan fingerprint density at radius 1 is 1.41 bits per heavy atom. The number of carbonyl (C=O) groups is 2. The topological polar surface area (TPSA) is 85.7 Å². The van der Waals surface area contributed by atoms with Gasteiger partial charge in [0.05, 0.1) is 23.4 Å². The molecule has 3 heterocycles. The number of nitrogens with zero attached hydrogens (tertiary/aromatic N) is 3. The molecule has 154 valence electrons. The van der Waals surface area contributed by atoms with Crippen molar-refractivity contribution in [1.82, 2.24) is 14.7 Å². The molecule has 1 aromatic heterocycles. The Kier molecular flexibility index (Phi) is 5.62. The van der Waals surface area contributed by atoms with Crippen LogP contribution in [0.15, 0.2) is 30.5 Å². The standard InChI is InChI=1S/C20H23ClN4O4/c1-2-28-15-3-4-17(16(21)11-15)25-8-6-18(23-25)22-19(26)10-13-5-7-24-14(9-13)12-29-20(24)27/h3-4,6,8,11,13-14H,2,5,7,9-10,12H2,1H3,(H,22,23,26)/t13-,14+/m0/s1. The minimum atomic E-state index is -0.239. The molecule has 0 aliphatic carbocycles. The molecule has 4 rings (SSSR count). The fraction of sp³-hybridized carbons (Fsp3) is 0.450. The van der Waals surface area contributed by atoms with Crippen molar-refractivity contribution in [3.8, 4) is 11.4 Å². The van der Waals surface area contributed by atoms with Crippen molar-refractivity contribution in [2.45, 2.75) is 32.2 Å². The van der Waals surface area contributed by atoms with Gasteiger partial charge in [0.15, 0.2) is 5.82 Å². The lowest BCUT2D eigenvalue weighted by Crippen LogP contribution is -2.41. The number of hydrogen-bond donors (Lipinski definition) is 1. The maximum atomic E-state index is 12.5. The van der Waals surface area contributed by atoms with Crippen LogP contribution in [0.3, 0.4) is 0 Å². The van der Waals surface area contributed by atoms with Crippen LogP contribution >= 0.6 is 11.6 Å². The molecular formula is C20H23ClN4O4. The lowest BCUT2D eigenvalue weighted by molar-refractivity contribution is -0.117. The van der Waals surface area contributed by atoms with Crippen LogP contribution in [0.25, 0.3) is 5.69 Å². The normalized spacial score (nSPS) is 20.9. The second kappa shape index (κ2) is 8.32. The van der Waals surface area contributed by atoms with Gasteiger partial charge in [0.2, 0.25) is 5.91 Å². The van der Waals surface area contributed by atoms with Crippen LogP contribution in [-0.2, 0) is 9.53 Å². The Hall–Kier alpha value is -2.74. The minimum absolute atomic E-state index is 0.0864. The highest BCUT2D eigenvalue weighted by atomic mass is 35.5. The van der Waals surface area contributed by atoms with Gasteiger partial charge < -0.3 is 19.7 Å². The summed E-state index contributed by atoms with van der Waals surface area (Å²) in [7, 11) is 0. The molecular weight excluding hydrogens is 396 g/mol. The third kappa shape index (κ3) is 4.32. The number of anilines is 1. The van der Waals surface area contributed by atoms with Gasteiger partial charge in [0.1, 0.15) is 12.4 Å². The summed E-state index contributed by atoms with van der Waals surface area (Å²) in [5.74, 6) is 1.31. The van der Waals surface area contributed by atoms with Crippen molar-refractivity contribution in [2.75, 3.05) is 25.1 Å². The highest BCUT2D eigenvalue weighted by Crippen LogP contribution is 2.30. The lowest BCUT2D eigenvalue weighted by atomic mass is 9.89. The summed E-state index contributed by atoms with van der Waals surface area (Å²) in [5.41, 5.74) is 0.703. The zero-order chi connectivity index (χ0) is 20.4. The monoisotopic (exact) mass is 418 g/mol. The molecule has 29 heavy (non-hydrogen) atoms. The molecule has 2 aliphatic rings. The number of ether oxygens (including phenoxy) is 2. The zero-order valence-corrected chi connectivity index (χ0v) is 16.9. The van der Waals surface area contributed by atoms with Crippen molar-refractivity contribution < 1.29 is 19.1 Å². The van der Waals surface area contributed by atoms with Crippen LogP contribution in [0.2, 0.25) is 5.02 Å². The van der Waals surface area contributed by atoms with Gasteiger partial charge in [-0.3, -0.25) is 4.79 Å². The maximum Gasteiger partial charge on any atom is 0.410 e.